The van der Waals surface area contributed by atoms with Crippen molar-refractivity contribution in [3.8, 4) is 0 Å². The van der Waals surface area contributed by atoms with Crippen molar-refractivity contribution in [2.24, 2.45) is 0 Å². The van der Waals surface area contributed by atoms with E-state index in [2.05, 4.69) is 10.0 Å². The average molecular weight is 297 g/mol. The molecule has 0 saturated carbocycles. The smallest absolute Gasteiger partial charge is 0.321 e. The number of hydrogen-bond acceptors (Lipinski definition) is 3. The molecule has 0 radical (unpaired) electrons. The zero-order chi connectivity index (χ0) is 14.6. The lowest BCUT2D eigenvalue weighted by atomic mass is 10.1. The molecule has 0 bridgehead atoms. The topological polar surface area (TPSA) is 78.5 Å². The summed E-state index contributed by atoms with van der Waals surface area (Å²) in [5.74, 6) is 0. The predicted octanol–water partition coefficient (Wildman–Crippen LogP) is 1.61. The van der Waals surface area contributed by atoms with Crippen LogP contribution in [0.1, 0.15) is 19.3 Å². The molecule has 1 aromatic carbocycles. The molecule has 1 aliphatic heterocycles. The van der Waals surface area contributed by atoms with Gasteiger partial charge in [-0.3, -0.25) is 0 Å². The van der Waals surface area contributed by atoms with Crippen molar-refractivity contribution < 1.29 is 13.2 Å². The molecule has 2 amide bonds. The van der Waals surface area contributed by atoms with Crippen LogP contribution in [0, 0.1) is 0 Å². The van der Waals surface area contributed by atoms with E-state index in [0.29, 0.717) is 5.69 Å². The molecule has 110 valence electrons. The molecule has 1 aliphatic rings. The summed E-state index contributed by atoms with van der Waals surface area (Å²) in [5.41, 5.74) is 0.593. The Balaban J connectivity index is 2.02. The lowest BCUT2D eigenvalue weighted by molar-refractivity contribution is 0.200. The van der Waals surface area contributed by atoms with Gasteiger partial charge >= 0.3 is 6.03 Å². The van der Waals surface area contributed by atoms with Crippen molar-refractivity contribution >= 4 is 21.7 Å². The molecule has 0 spiro atoms. The Bertz CT molecular complexity index is 563. The van der Waals surface area contributed by atoms with Gasteiger partial charge in [0.25, 0.3) is 0 Å². The first-order chi connectivity index (χ1) is 9.53. The fraction of sp³-hybridized carbons (Fsp3) is 0.462. The summed E-state index contributed by atoms with van der Waals surface area (Å²) in [6.45, 7) is 1.55. The molecular weight excluding hydrogens is 278 g/mol. The quantitative estimate of drug-likeness (QED) is 0.889. The second kappa shape index (κ2) is 6.23. The highest BCUT2D eigenvalue weighted by Gasteiger charge is 2.16. The van der Waals surface area contributed by atoms with Gasteiger partial charge in [0.05, 0.1) is 4.90 Å². The van der Waals surface area contributed by atoms with Gasteiger partial charge in [0, 0.05) is 18.8 Å². The number of nitrogens with zero attached hydrogens (tertiary/aromatic N) is 1. The Labute approximate surface area is 119 Å². The molecule has 1 aromatic rings. The molecule has 0 aromatic heterocycles. The number of sulfonamides is 1. The highest BCUT2D eigenvalue weighted by molar-refractivity contribution is 7.89. The number of urea groups is 1. The predicted molar refractivity (Wildman–Crippen MR) is 77.1 cm³/mol. The molecule has 0 atom stereocenters. The fourth-order valence-corrected chi connectivity index (χ4v) is 2.86. The van der Waals surface area contributed by atoms with E-state index in [0.717, 1.165) is 25.9 Å². The van der Waals surface area contributed by atoms with E-state index in [1.807, 2.05) is 0 Å². The van der Waals surface area contributed by atoms with Crippen LogP contribution in [0.4, 0.5) is 10.5 Å². The van der Waals surface area contributed by atoms with Gasteiger partial charge in [-0.2, -0.15) is 0 Å². The van der Waals surface area contributed by atoms with Crippen LogP contribution in [0.3, 0.4) is 0 Å². The standard InChI is InChI=1S/C13H19N3O3S/c1-14-20(18,19)12-7-5-11(6-8-12)15-13(17)16-9-3-2-4-10-16/h5-8,14H,2-4,9-10H2,1H3,(H,15,17). The van der Waals surface area contributed by atoms with Gasteiger partial charge in [0.15, 0.2) is 0 Å². The van der Waals surface area contributed by atoms with Crippen LogP contribution in [0.15, 0.2) is 29.2 Å². The van der Waals surface area contributed by atoms with Crippen molar-refractivity contribution in [1.82, 2.24) is 9.62 Å². The largest absolute Gasteiger partial charge is 0.325 e. The van der Waals surface area contributed by atoms with Crippen LogP contribution in [0.25, 0.3) is 0 Å². The number of anilines is 1. The Morgan fingerprint density at radius 3 is 2.25 bits per heavy atom. The Morgan fingerprint density at radius 2 is 1.70 bits per heavy atom. The molecule has 20 heavy (non-hydrogen) atoms. The van der Waals surface area contributed by atoms with Gasteiger partial charge in [-0.25, -0.2) is 17.9 Å². The number of amides is 2. The molecule has 0 unspecified atom stereocenters. The van der Waals surface area contributed by atoms with Crippen LogP contribution < -0.4 is 10.0 Å². The van der Waals surface area contributed by atoms with Crippen LogP contribution in [0.5, 0.6) is 0 Å². The van der Waals surface area contributed by atoms with Crippen LogP contribution in [0.2, 0.25) is 0 Å². The summed E-state index contributed by atoms with van der Waals surface area (Å²) >= 11 is 0. The lowest BCUT2D eigenvalue weighted by Gasteiger charge is -2.26. The first-order valence-corrected chi connectivity index (χ1v) is 8.11. The maximum Gasteiger partial charge on any atom is 0.321 e. The molecule has 1 heterocycles. The van der Waals surface area contributed by atoms with Crippen LogP contribution in [-0.2, 0) is 10.0 Å². The molecule has 1 fully saturated rings. The van der Waals surface area contributed by atoms with E-state index in [1.54, 1.807) is 17.0 Å². The molecule has 7 heteroatoms. The van der Waals surface area contributed by atoms with Crippen LogP contribution in [-0.4, -0.2) is 39.5 Å². The van der Waals surface area contributed by atoms with Crippen molar-refractivity contribution in [3.63, 3.8) is 0 Å². The number of rotatable bonds is 3. The number of piperidine rings is 1. The van der Waals surface area contributed by atoms with Gasteiger partial charge in [0.1, 0.15) is 0 Å². The number of benzene rings is 1. The van der Waals surface area contributed by atoms with Gasteiger partial charge < -0.3 is 10.2 Å². The number of carbonyl (C=O) groups is 1. The normalized spacial score (nSPS) is 15.9. The number of hydrogen-bond donors (Lipinski definition) is 2. The minimum absolute atomic E-state index is 0.131. The van der Waals surface area contributed by atoms with Crippen molar-refractivity contribution in [3.05, 3.63) is 24.3 Å². The highest BCUT2D eigenvalue weighted by atomic mass is 32.2. The minimum Gasteiger partial charge on any atom is -0.325 e. The zero-order valence-corrected chi connectivity index (χ0v) is 12.2. The first-order valence-electron chi connectivity index (χ1n) is 6.62. The zero-order valence-electron chi connectivity index (χ0n) is 11.4. The molecule has 2 rings (SSSR count). The number of likely N-dealkylation sites (tertiary alicyclic amines) is 1. The van der Waals surface area contributed by atoms with E-state index in [9.17, 15) is 13.2 Å². The molecule has 6 nitrogen and oxygen atoms in total. The third kappa shape index (κ3) is 3.49. The molecule has 0 aliphatic carbocycles. The maximum atomic E-state index is 12.0. The second-order valence-corrected chi connectivity index (χ2v) is 6.60. The van der Waals surface area contributed by atoms with E-state index in [4.69, 9.17) is 0 Å². The molecule has 1 saturated heterocycles. The Hall–Kier alpha value is -1.60. The van der Waals surface area contributed by atoms with E-state index in [1.165, 1.54) is 25.6 Å². The second-order valence-electron chi connectivity index (χ2n) is 4.71. The third-order valence-electron chi connectivity index (χ3n) is 3.33. The minimum atomic E-state index is -3.44. The van der Waals surface area contributed by atoms with Crippen molar-refractivity contribution in [2.45, 2.75) is 24.2 Å². The third-order valence-corrected chi connectivity index (χ3v) is 4.76. The van der Waals surface area contributed by atoms with E-state index >= 15 is 0 Å². The Morgan fingerprint density at radius 1 is 1.10 bits per heavy atom. The molecule has 2 N–H and O–H groups in total. The summed E-state index contributed by atoms with van der Waals surface area (Å²) in [6, 6.07) is 5.99. The number of carbonyl (C=O) groups excluding carboxylic acids is 1. The summed E-state index contributed by atoms with van der Waals surface area (Å²) in [6.07, 6.45) is 3.24. The Kier molecular flexibility index (Phi) is 4.61. The monoisotopic (exact) mass is 297 g/mol. The summed E-state index contributed by atoms with van der Waals surface area (Å²) < 4.78 is 25.4. The van der Waals surface area contributed by atoms with E-state index in [-0.39, 0.29) is 10.9 Å². The van der Waals surface area contributed by atoms with Gasteiger partial charge in [0.2, 0.25) is 10.0 Å². The summed E-state index contributed by atoms with van der Waals surface area (Å²) in [5, 5.41) is 2.78. The van der Waals surface area contributed by atoms with Gasteiger partial charge in [-0.15, -0.1) is 0 Å². The van der Waals surface area contributed by atoms with E-state index < -0.39 is 10.0 Å². The number of nitrogens with one attached hydrogen (secondary N) is 2. The van der Waals surface area contributed by atoms with Crippen molar-refractivity contribution in [1.29, 1.82) is 0 Å². The van der Waals surface area contributed by atoms with Gasteiger partial charge in [-0.1, -0.05) is 0 Å². The van der Waals surface area contributed by atoms with Crippen molar-refractivity contribution in [2.75, 3.05) is 25.5 Å². The fourth-order valence-electron chi connectivity index (χ4n) is 2.13. The SMILES string of the molecule is CNS(=O)(=O)c1ccc(NC(=O)N2CCCCC2)cc1. The average Bonchev–Trinajstić information content (AvgIpc) is 2.48. The van der Waals surface area contributed by atoms with Gasteiger partial charge in [-0.05, 0) is 50.6 Å². The first kappa shape index (κ1) is 14.8. The summed E-state index contributed by atoms with van der Waals surface area (Å²) in [7, 11) is -2.07. The molecular formula is C13H19N3O3S. The summed E-state index contributed by atoms with van der Waals surface area (Å²) in [4.78, 5) is 13.9. The lowest BCUT2D eigenvalue weighted by Crippen LogP contribution is -2.38. The van der Waals surface area contributed by atoms with Crippen LogP contribution >= 0.6 is 0 Å². The maximum absolute atomic E-state index is 12.0. The highest BCUT2D eigenvalue weighted by Crippen LogP contribution is 2.15.